The Kier molecular flexibility index (Phi) is 5.99. The van der Waals surface area contributed by atoms with Crippen molar-refractivity contribution in [3.05, 3.63) is 29.6 Å². The van der Waals surface area contributed by atoms with Gasteiger partial charge in [0.15, 0.2) is 0 Å². The van der Waals surface area contributed by atoms with Crippen molar-refractivity contribution in [2.24, 2.45) is 0 Å². The largest absolute Gasteiger partial charge is 0.444 e. The Balaban J connectivity index is 1.70. The van der Waals surface area contributed by atoms with Crippen LogP contribution in [0.1, 0.15) is 57.7 Å². The van der Waals surface area contributed by atoms with Crippen LogP contribution in [-0.4, -0.2) is 28.8 Å². The molecule has 128 valence electrons. The van der Waals surface area contributed by atoms with E-state index in [1.807, 2.05) is 33.0 Å². The van der Waals surface area contributed by atoms with Crippen molar-refractivity contribution in [3.63, 3.8) is 0 Å². The molecule has 1 aliphatic rings. The summed E-state index contributed by atoms with van der Waals surface area (Å²) in [6.45, 7) is 8.54. The van der Waals surface area contributed by atoms with Crippen LogP contribution in [0.15, 0.2) is 18.3 Å². The second kappa shape index (κ2) is 7.77. The molecule has 1 aromatic rings. The van der Waals surface area contributed by atoms with Crippen molar-refractivity contribution in [1.29, 1.82) is 0 Å². The lowest BCUT2D eigenvalue weighted by Crippen LogP contribution is -2.43. The van der Waals surface area contributed by atoms with E-state index in [0.29, 0.717) is 6.04 Å². The molecule has 1 heterocycles. The van der Waals surface area contributed by atoms with E-state index in [2.05, 4.69) is 28.6 Å². The van der Waals surface area contributed by atoms with E-state index >= 15 is 0 Å². The van der Waals surface area contributed by atoms with Crippen LogP contribution >= 0.6 is 0 Å². The summed E-state index contributed by atoms with van der Waals surface area (Å²) in [5.41, 5.74) is 1.89. The molecule has 1 aliphatic carbocycles. The first kappa shape index (κ1) is 17.7. The maximum Gasteiger partial charge on any atom is 0.407 e. The van der Waals surface area contributed by atoms with Gasteiger partial charge in [-0.3, -0.25) is 4.98 Å². The third-order valence-electron chi connectivity index (χ3n) is 4.12. The summed E-state index contributed by atoms with van der Waals surface area (Å²) in [5.74, 6) is 0. The molecule has 23 heavy (non-hydrogen) atoms. The molecule has 1 fully saturated rings. The number of hydrogen-bond acceptors (Lipinski definition) is 4. The SMILES string of the molecule is Cc1cccnc1CNC1CCC(NC(=O)OC(C)(C)C)CC1. The molecule has 0 aromatic carbocycles. The fraction of sp³-hybridized carbons (Fsp3) is 0.667. The number of ether oxygens (including phenoxy) is 1. The highest BCUT2D eigenvalue weighted by Gasteiger charge is 2.24. The van der Waals surface area contributed by atoms with Crippen molar-refractivity contribution in [1.82, 2.24) is 15.6 Å². The van der Waals surface area contributed by atoms with Crippen LogP contribution in [0.5, 0.6) is 0 Å². The summed E-state index contributed by atoms with van der Waals surface area (Å²) in [6, 6.07) is 4.77. The minimum Gasteiger partial charge on any atom is -0.444 e. The van der Waals surface area contributed by atoms with Gasteiger partial charge >= 0.3 is 6.09 Å². The van der Waals surface area contributed by atoms with Gasteiger partial charge in [0.2, 0.25) is 0 Å². The van der Waals surface area contributed by atoms with Gasteiger partial charge in [-0.2, -0.15) is 0 Å². The van der Waals surface area contributed by atoms with Gasteiger partial charge in [-0.15, -0.1) is 0 Å². The lowest BCUT2D eigenvalue weighted by molar-refractivity contribution is 0.0489. The molecule has 0 saturated heterocycles. The Labute approximate surface area is 139 Å². The quantitative estimate of drug-likeness (QED) is 0.893. The number of amides is 1. The fourth-order valence-electron chi connectivity index (χ4n) is 2.86. The monoisotopic (exact) mass is 319 g/mol. The summed E-state index contributed by atoms with van der Waals surface area (Å²) in [6.07, 6.45) is 5.62. The smallest absolute Gasteiger partial charge is 0.407 e. The zero-order chi connectivity index (χ0) is 16.9. The van der Waals surface area contributed by atoms with Crippen molar-refractivity contribution in [2.45, 2.75) is 77.6 Å². The van der Waals surface area contributed by atoms with Gasteiger partial charge < -0.3 is 15.4 Å². The van der Waals surface area contributed by atoms with Crippen molar-refractivity contribution < 1.29 is 9.53 Å². The number of hydrogen-bond donors (Lipinski definition) is 2. The molecule has 5 nitrogen and oxygen atoms in total. The van der Waals surface area contributed by atoms with Crippen molar-refractivity contribution >= 4 is 6.09 Å². The topological polar surface area (TPSA) is 63.2 Å². The van der Waals surface area contributed by atoms with E-state index < -0.39 is 5.60 Å². The first-order valence-electron chi connectivity index (χ1n) is 8.47. The van der Waals surface area contributed by atoms with Crippen LogP contribution in [-0.2, 0) is 11.3 Å². The number of carbonyl (C=O) groups excluding carboxylic acids is 1. The molecular weight excluding hydrogens is 290 g/mol. The number of nitrogens with one attached hydrogen (secondary N) is 2. The number of aromatic nitrogens is 1. The average molecular weight is 319 g/mol. The molecular formula is C18H29N3O2. The van der Waals surface area contributed by atoms with Crippen LogP contribution in [0.3, 0.4) is 0 Å². The van der Waals surface area contributed by atoms with Crippen molar-refractivity contribution in [2.75, 3.05) is 0 Å². The van der Waals surface area contributed by atoms with Gasteiger partial charge in [-0.25, -0.2) is 4.79 Å². The predicted octanol–water partition coefficient (Wildman–Crippen LogP) is 3.32. The normalized spacial score (nSPS) is 21.7. The van der Waals surface area contributed by atoms with Gasteiger partial charge in [0.05, 0.1) is 5.69 Å². The van der Waals surface area contributed by atoms with Gasteiger partial charge in [0, 0.05) is 24.8 Å². The van der Waals surface area contributed by atoms with Gasteiger partial charge in [-0.05, 0) is 65.0 Å². The first-order chi connectivity index (χ1) is 10.8. The molecule has 0 unspecified atom stereocenters. The molecule has 0 aliphatic heterocycles. The summed E-state index contributed by atoms with van der Waals surface area (Å²) in [5, 5.41) is 6.56. The Morgan fingerprint density at radius 1 is 1.26 bits per heavy atom. The van der Waals surface area contributed by atoms with E-state index in [4.69, 9.17) is 4.74 Å². The molecule has 0 atom stereocenters. The predicted molar refractivity (Wildman–Crippen MR) is 91.2 cm³/mol. The maximum absolute atomic E-state index is 11.8. The van der Waals surface area contributed by atoms with Crippen LogP contribution in [0.4, 0.5) is 4.79 Å². The Morgan fingerprint density at radius 3 is 2.52 bits per heavy atom. The average Bonchev–Trinajstić information content (AvgIpc) is 2.46. The standard InChI is InChI=1S/C18H29N3O2/c1-13-6-5-11-19-16(13)12-20-14-7-9-15(10-8-14)21-17(22)23-18(2,3)4/h5-6,11,14-15,20H,7-10,12H2,1-4H3,(H,21,22). The highest BCUT2D eigenvalue weighted by atomic mass is 16.6. The number of nitrogens with zero attached hydrogens (tertiary/aromatic N) is 1. The molecule has 2 N–H and O–H groups in total. The number of carbonyl (C=O) groups is 1. The Morgan fingerprint density at radius 2 is 1.91 bits per heavy atom. The molecule has 0 spiro atoms. The van der Waals surface area contributed by atoms with E-state index in [9.17, 15) is 4.79 Å². The molecule has 1 aromatic heterocycles. The van der Waals surface area contributed by atoms with E-state index in [1.54, 1.807) is 0 Å². The fourth-order valence-corrected chi connectivity index (χ4v) is 2.86. The number of pyridine rings is 1. The highest BCUT2D eigenvalue weighted by Crippen LogP contribution is 2.20. The number of rotatable bonds is 4. The molecule has 1 amide bonds. The maximum atomic E-state index is 11.8. The molecule has 1 saturated carbocycles. The summed E-state index contributed by atoms with van der Waals surface area (Å²) >= 11 is 0. The molecule has 2 rings (SSSR count). The lowest BCUT2D eigenvalue weighted by Gasteiger charge is -2.30. The van der Waals surface area contributed by atoms with Crippen molar-refractivity contribution in [3.8, 4) is 0 Å². The molecule has 0 bridgehead atoms. The third kappa shape index (κ3) is 6.18. The summed E-state index contributed by atoms with van der Waals surface area (Å²) in [4.78, 5) is 16.2. The second-order valence-corrected chi connectivity index (χ2v) is 7.34. The Bertz CT molecular complexity index is 517. The van der Waals surface area contributed by atoms with Crippen LogP contribution in [0.2, 0.25) is 0 Å². The summed E-state index contributed by atoms with van der Waals surface area (Å²) < 4.78 is 5.31. The highest BCUT2D eigenvalue weighted by molar-refractivity contribution is 5.68. The van der Waals surface area contributed by atoms with E-state index in [-0.39, 0.29) is 12.1 Å². The molecule has 5 heteroatoms. The van der Waals surface area contributed by atoms with Crippen LogP contribution in [0, 0.1) is 6.92 Å². The molecule has 0 radical (unpaired) electrons. The van der Waals surface area contributed by atoms with Crippen LogP contribution < -0.4 is 10.6 Å². The Hall–Kier alpha value is -1.62. The van der Waals surface area contributed by atoms with Gasteiger partial charge in [0.1, 0.15) is 5.60 Å². The lowest BCUT2D eigenvalue weighted by atomic mass is 9.91. The number of aryl methyl sites for hydroxylation is 1. The minimum absolute atomic E-state index is 0.222. The van der Waals surface area contributed by atoms with Gasteiger partial charge in [0.25, 0.3) is 0 Å². The number of alkyl carbamates (subject to hydrolysis) is 1. The summed E-state index contributed by atoms with van der Waals surface area (Å²) in [7, 11) is 0. The van der Waals surface area contributed by atoms with E-state index in [1.165, 1.54) is 5.56 Å². The third-order valence-corrected chi connectivity index (χ3v) is 4.12. The van der Waals surface area contributed by atoms with Crippen LogP contribution in [0.25, 0.3) is 0 Å². The zero-order valence-corrected chi connectivity index (χ0v) is 14.7. The second-order valence-electron chi connectivity index (χ2n) is 7.34. The first-order valence-corrected chi connectivity index (χ1v) is 8.47. The van der Waals surface area contributed by atoms with E-state index in [0.717, 1.165) is 37.9 Å². The zero-order valence-electron chi connectivity index (χ0n) is 14.7. The van der Waals surface area contributed by atoms with Gasteiger partial charge in [-0.1, -0.05) is 6.07 Å². The minimum atomic E-state index is -0.441.